The molecule has 1 atom stereocenters. The lowest BCUT2D eigenvalue weighted by molar-refractivity contribution is 0.215. The summed E-state index contributed by atoms with van der Waals surface area (Å²) in [6.45, 7) is 2.19. The highest BCUT2D eigenvalue weighted by molar-refractivity contribution is 5.33. The summed E-state index contributed by atoms with van der Waals surface area (Å²) in [4.78, 5) is 0. The van der Waals surface area contributed by atoms with Crippen LogP contribution in [-0.2, 0) is 4.74 Å². The van der Waals surface area contributed by atoms with Crippen molar-refractivity contribution in [2.24, 2.45) is 0 Å². The van der Waals surface area contributed by atoms with E-state index in [4.69, 9.17) is 4.74 Å². The fourth-order valence-corrected chi connectivity index (χ4v) is 2.01. The quantitative estimate of drug-likeness (QED) is 0.875. The van der Waals surface area contributed by atoms with Crippen molar-refractivity contribution in [1.29, 1.82) is 0 Å². The van der Waals surface area contributed by atoms with E-state index in [1.54, 1.807) is 14.0 Å². The molecule has 0 amide bonds. The highest BCUT2D eigenvalue weighted by Gasteiger charge is 2.26. The van der Waals surface area contributed by atoms with Gasteiger partial charge < -0.3 is 10.1 Å². The molecule has 0 aromatic heterocycles. The Bertz CT molecular complexity index is 457. The van der Waals surface area contributed by atoms with Crippen molar-refractivity contribution in [3.63, 3.8) is 0 Å². The number of nitrogens with one attached hydrogen (secondary N) is 1. The Kier molecular flexibility index (Phi) is 3.43. The molecule has 1 N–H and O–H groups in total. The second-order valence-electron chi connectivity index (χ2n) is 4.06. The van der Waals surface area contributed by atoms with Crippen molar-refractivity contribution < 1.29 is 13.5 Å². The van der Waals surface area contributed by atoms with Crippen molar-refractivity contribution in [3.8, 4) is 0 Å². The number of hydrogen-bond donors (Lipinski definition) is 1. The molecule has 0 aliphatic carbocycles. The maximum Gasteiger partial charge on any atom is 0.134 e. The summed E-state index contributed by atoms with van der Waals surface area (Å²) in [5, 5.41) is 2.90. The summed E-state index contributed by atoms with van der Waals surface area (Å²) in [6.07, 6.45) is 2.64. The topological polar surface area (TPSA) is 21.3 Å². The molecule has 0 radical (unpaired) electrons. The Morgan fingerprint density at radius 1 is 1.35 bits per heavy atom. The van der Waals surface area contributed by atoms with E-state index in [2.05, 4.69) is 5.32 Å². The van der Waals surface area contributed by atoms with Crippen LogP contribution in [0, 0.1) is 18.6 Å². The predicted octanol–water partition coefficient (Wildman–Crippen LogP) is 2.84. The fraction of sp³-hybridized carbons (Fsp3) is 0.385. The molecule has 4 heteroatoms. The van der Waals surface area contributed by atoms with Crippen molar-refractivity contribution in [2.75, 3.05) is 13.7 Å². The van der Waals surface area contributed by atoms with Gasteiger partial charge in [-0.05, 0) is 31.7 Å². The van der Waals surface area contributed by atoms with Crippen LogP contribution in [0.25, 0.3) is 0 Å². The summed E-state index contributed by atoms with van der Waals surface area (Å²) in [5.41, 5.74) is 0.459. The second kappa shape index (κ2) is 4.84. The lowest BCUT2D eigenvalue weighted by atomic mass is 10.0. The Morgan fingerprint density at radius 3 is 2.71 bits per heavy atom. The highest BCUT2D eigenvalue weighted by atomic mass is 19.1. The Balaban J connectivity index is 2.46. The van der Waals surface area contributed by atoms with Crippen LogP contribution in [0.3, 0.4) is 0 Å². The summed E-state index contributed by atoms with van der Waals surface area (Å²) in [5.74, 6) is -0.472. The van der Waals surface area contributed by atoms with Gasteiger partial charge in [-0.25, -0.2) is 8.78 Å². The van der Waals surface area contributed by atoms with Crippen LogP contribution in [0.5, 0.6) is 0 Å². The molecule has 1 aromatic rings. The minimum atomic E-state index is -0.558. The van der Waals surface area contributed by atoms with Gasteiger partial charge in [0.15, 0.2) is 0 Å². The normalized spacial score (nSPS) is 16.6. The van der Waals surface area contributed by atoms with Gasteiger partial charge in [0.25, 0.3) is 0 Å². The van der Waals surface area contributed by atoms with Gasteiger partial charge in [0.2, 0.25) is 0 Å². The first-order valence-electron chi connectivity index (χ1n) is 5.59. The minimum absolute atomic E-state index is 0.0284. The van der Waals surface area contributed by atoms with Crippen LogP contribution in [0.4, 0.5) is 8.78 Å². The van der Waals surface area contributed by atoms with Crippen molar-refractivity contribution in [3.05, 3.63) is 46.7 Å². The fourth-order valence-electron chi connectivity index (χ4n) is 2.01. The van der Waals surface area contributed by atoms with E-state index in [1.165, 1.54) is 12.1 Å². The van der Waals surface area contributed by atoms with Gasteiger partial charge in [0.1, 0.15) is 17.4 Å². The van der Waals surface area contributed by atoms with E-state index >= 15 is 0 Å². The molecule has 0 saturated heterocycles. The third kappa shape index (κ3) is 2.17. The maximum atomic E-state index is 14.0. The van der Waals surface area contributed by atoms with Crippen LogP contribution in [-0.4, -0.2) is 13.7 Å². The van der Waals surface area contributed by atoms with Gasteiger partial charge in [0, 0.05) is 12.0 Å². The monoisotopic (exact) mass is 239 g/mol. The predicted molar refractivity (Wildman–Crippen MR) is 61.5 cm³/mol. The van der Waals surface area contributed by atoms with Crippen LogP contribution < -0.4 is 5.32 Å². The third-order valence-corrected chi connectivity index (χ3v) is 2.91. The molecule has 2 rings (SSSR count). The molecular formula is C13H15F2NO. The van der Waals surface area contributed by atoms with Gasteiger partial charge in [-0.2, -0.15) is 0 Å². The highest BCUT2D eigenvalue weighted by Crippen LogP contribution is 2.30. The number of aryl methyl sites for hydroxylation is 1. The summed E-state index contributed by atoms with van der Waals surface area (Å²) >= 11 is 0. The average molecular weight is 239 g/mol. The molecule has 1 heterocycles. The molecule has 1 unspecified atom stereocenters. The lowest BCUT2D eigenvalue weighted by Crippen LogP contribution is -2.22. The Hall–Kier alpha value is -1.42. The summed E-state index contributed by atoms with van der Waals surface area (Å²) in [6, 6.07) is 2.16. The van der Waals surface area contributed by atoms with E-state index in [1.807, 2.05) is 6.08 Å². The lowest BCUT2D eigenvalue weighted by Gasteiger charge is -2.19. The number of likely N-dealkylation sites (N-methyl/N-ethyl adjacent to an activating group) is 1. The van der Waals surface area contributed by atoms with Crippen molar-refractivity contribution >= 4 is 0 Å². The zero-order valence-electron chi connectivity index (χ0n) is 9.89. The molecule has 17 heavy (non-hydrogen) atoms. The zero-order chi connectivity index (χ0) is 12.4. The molecule has 2 nitrogen and oxygen atoms in total. The SMILES string of the molecule is CNC(C1=CCCO1)c1c(F)ccc(C)c1F. The number of rotatable bonds is 3. The molecule has 1 aromatic carbocycles. The molecule has 0 fully saturated rings. The van der Waals surface area contributed by atoms with Crippen molar-refractivity contribution in [1.82, 2.24) is 5.32 Å². The smallest absolute Gasteiger partial charge is 0.134 e. The molecule has 92 valence electrons. The average Bonchev–Trinajstić information content (AvgIpc) is 2.83. The van der Waals surface area contributed by atoms with Crippen LogP contribution >= 0.6 is 0 Å². The minimum Gasteiger partial charge on any atom is -0.496 e. The number of benzene rings is 1. The number of hydrogen-bond acceptors (Lipinski definition) is 2. The van der Waals surface area contributed by atoms with Gasteiger partial charge >= 0.3 is 0 Å². The van der Waals surface area contributed by atoms with Crippen LogP contribution in [0.2, 0.25) is 0 Å². The molecular weight excluding hydrogens is 224 g/mol. The van der Waals surface area contributed by atoms with E-state index in [9.17, 15) is 8.78 Å². The molecule has 0 spiro atoms. The number of ether oxygens (including phenoxy) is 1. The second-order valence-corrected chi connectivity index (χ2v) is 4.06. The molecule has 1 aliphatic rings. The van der Waals surface area contributed by atoms with E-state index < -0.39 is 17.7 Å². The van der Waals surface area contributed by atoms with E-state index in [-0.39, 0.29) is 5.56 Å². The molecule has 0 saturated carbocycles. The van der Waals surface area contributed by atoms with Gasteiger partial charge in [-0.15, -0.1) is 0 Å². The number of halogens is 2. The summed E-state index contributed by atoms with van der Waals surface area (Å²) in [7, 11) is 1.66. The van der Waals surface area contributed by atoms with Gasteiger partial charge in [-0.3, -0.25) is 0 Å². The largest absolute Gasteiger partial charge is 0.496 e. The summed E-state index contributed by atoms with van der Waals surface area (Å²) < 4.78 is 33.1. The first-order valence-corrected chi connectivity index (χ1v) is 5.59. The van der Waals surface area contributed by atoms with Crippen molar-refractivity contribution in [2.45, 2.75) is 19.4 Å². The van der Waals surface area contributed by atoms with E-state index in [0.29, 0.717) is 17.9 Å². The van der Waals surface area contributed by atoms with Gasteiger partial charge in [-0.1, -0.05) is 6.07 Å². The standard InChI is InChI=1S/C13H15F2NO/c1-8-5-6-9(14)11(12(8)15)13(16-2)10-4-3-7-17-10/h4-6,13,16H,3,7H2,1-2H3. The third-order valence-electron chi connectivity index (χ3n) is 2.91. The Labute approximate surface area is 99.3 Å². The zero-order valence-corrected chi connectivity index (χ0v) is 9.89. The van der Waals surface area contributed by atoms with E-state index in [0.717, 1.165) is 6.42 Å². The first-order chi connectivity index (χ1) is 8.15. The molecule has 0 bridgehead atoms. The van der Waals surface area contributed by atoms with Gasteiger partial charge in [0.05, 0.1) is 12.6 Å². The maximum absolute atomic E-state index is 14.0. The van der Waals surface area contributed by atoms with Crippen LogP contribution in [0.1, 0.15) is 23.6 Å². The first kappa shape index (κ1) is 12.0. The molecule has 1 aliphatic heterocycles. The Morgan fingerprint density at radius 2 is 2.12 bits per heavy atom. The van der Waals surface area contributed by atoms with Crippen LogP contribution in [0.15, 0.2) is 24.0 Å².